The molecule has 1 fully saturated rings. The second kappa shape index (κ2) is 10.9. The molecule has 1 saturated heterocycles. The van der Waals surface area contributed by atoms with Gasteiger partial charge in [0, 0.05) is 49.3 Å². The molecule has 0 bridgehead atoms. The minimum absolute atomic E-state index is 0.137. The quantitative estimate of drug-likeness (QED) is 0.378. The van der Waals surface area contributed by atoms with Crippen molar-refractivity contribution < 1.29 is 0 Å². The molecule has 1 aliphatic rings. The maximum absolute atomic E-state index is 5.97. The van der Waals surface area contributed by atoms with Crippen molar-refractivity contribution in [3.8, 4) is 0 Å². The van der Waals surface area contributed by atoms with Crippen molar-refractivity contribution >= 4 is 17.6 Å². The lowest BCUT2D eigenvalue weighted by atomic mass is 10.0. The molecule has 1 heterocycles. The van der Waals surface area contributed by atoms with Gasteiger partial charge in [0.1, 0.15) is 0 Å². The molecule has 27 heavy (non-hydrogen) atoms. The van der Waals surface area contributed by atoms with E-state index >= 15 is 0 Å². The van der Waals surface area contributed by atoms with Gasteiger partial charge in [0.2, 0.25) is 0 Å². The molecule has 6 heteroatoms. The lowest BCUT2D eigenvalue weighted by molar-refractivity contribution is 0.198. The molecule has 0 saturated carbocycles. The smallest absolute Gasteiger partial charge is 0.191 e. The molecule has 0 aromatic heterocycles. The van der Waals surface area contributed by atoms with Crippen molar-refractivity contribution in [3.63, 3.8) is 0 Å². The van der Waals surface area contributed by atoms with Crippen molar-refractivity contribution in [2.75, 3.05) is 32.7 Å². The van der Waals surface area contributed by atoms with Gasteiger partial charge in [-0.15, -0.1) is 0 Å². The first kappa shape index (κ1) is 22.0. The summed E-state index contributed by atoms with van der Waals surface area (Å²) in [6, 6.07) is 8.67. The first-order chi connectivity index (χ1) is 12.9. The summed E-state index contributed by atoms with van der Waals surface area (Å²) in [4.78, 5) is 7.22. The molecule has 0 unspecified atom stereocenters. The van der Waals surface area contributed by atoms with Crippen molar-refractivity contribution in [1.82, 2.24) is 20.9 Å². The summed E-state index contributed by atoms with van der Waals surface area (Å²) in [5.41, 5.74) is 1.46. The molecule has 0 aliphatic carbocycles. The van der Waals surface area contributed by atoms with Crippen LogP contribution >= 0.6 is 11.6 Å². The van der Waals surface area contributed by atoms with Gasteiger partial charge >= 0.3 is 0 Å². The number of nitrogens with one attached hydrogen (secondary N) is 3. The molecule has 2 rings (SSSR count). The number of aliphatic imine (C=N–C) groups is 1. The standard InChI is InChI=1S/C21H36ClN5/c1-5-23-20(24-12-13-25-21(2,3)4)26-19-10-14-27(15-11-19)16-17-6-8-18(22)9-7-17/h6-9,19,25H,5,10-16H2,1-4H3,(H2,23,24,26). The van der Waals surface area contributed by atoms with E-state index in [-0.39, 0.29) is 5.54 Å². The molecule has 1 aliphatic heterocycles. The molecule has 3 N–H and O–H groups in total. The highest BCUT2D eigenvalue weighted by Gasteiger charge is 2.20. The van der Waals surface area contributed by atoms with Crippen LogP contribution in [0.2, 0.25) is 5.02 Å². The van der Waals surface area contributed by atoms with E-state index < -0.39 is 0 Å². The van der Waals surface area contributed by atoms with Crippen LogP contribution in [0.4, 0.5) is 0 Å². The van der Waals surface area contributed by atoms with Crippen molar-refractivity contribution in [3.05, 3.63) is 34.9 Å². The topological polar surface area (TPSA) is 51.7 Å². The average Bonchev–Trinajstić information content (AvgIpc) is 2.61. The van der Waals surface area contributed by atoms with Crippen LogP contribution in [0.15, 0.2) is 29.3 Å². The predicted octanol–water partition coefficient (Wildman–Crippen LogP) is 3.25. The number of guanidine groups is 1. The second-order valence-electron chi connectivity index (χ2n) is 8.26. The summed E-state index contributed by atoms with van der Waals surface area (Å²) in [6.45, 7) is 14.4. The molecule has 152 valence electrons. The van der Waals surface area contributed by atoms with E-state index in [1.54, 1.807) is 0 Å². The highest BCUT2D eigenvalue weighted by molar-refractivity contribution is 6.30. The number of likely N-dealkylation sites (tertiary alicyclic amines) is 1. The number of hydrogen-bond donors (Lipinski definition) is 3. The van der Waals surface area contributed by atoms with Gasteiger partial charge in [-0.1, -0.05) is 23.7 Å². The van der Waals surface area contributed by atoms with E-state index in [1.807, 2.05) is 12.1 Å². The Labute approximate surface area is 170 Å². The largest absolute Gasteiger partial charge is 0.357 e. The van der Waals surface area contributed by atoms with Crippen LogP contribution in [0, 0.1) is 0 Å². The van der Waals surface area contributed by atoms with Crippen LogP contribution in [0.3, 0.4) is 0 Å². The fraction of sp³-hybridized carbons (Fsp3) is 0.667. The molecule has 5 nitrogen and oxygen atoms in total. The third kappa shape index (κ3) is 8.96. The minimum Gasteiger partial charge on any atom is -0.357 e. The lowest BCUT2D eigenvalue weighted by Crippen LogP contribution is -2.48. The van der Waals surface area contributed by atoms with E-state index in [2.05, 4.69) is 60.7 Å². The zero-order chi connectivity index (χ0) is 19.7. The average molecular weight is 394 g/mol. The van der Waals surface area contributed by atoms with E-state index in [1.165, 1.54) is 5.56 Å². The van der Waals surface area contributed by atoms with Crippen LogP contribution in [0.25, 0.3) is 0 Å². The van der Waals surface area contributed by atoms with Crippen molar-refractivity contribution in [2.24, 2.45) is 4.99 Å². The molecule has 0 spiro atoms. The van der Waals surface area contributed by atoms with Crippen molar-refractivity contribution in [2.45, 2.75) is 58.7 Å². The Kier molecular flexibility index (Phi) is 8.87. The number of hydrogen-bond acceptors (Lipinski definition) is 3. The molecule has 1 aromatic rings. The van der Waals surface area contributed by atoms with Crippen LogP contribution in [0.5, 0.6) is 0 Å². The molecule has 0 radical (unpaired) electrons. The fourth-order valence-electron chi connectivity index (χ4n) is 3.20. The normalized spacial score (nSPS) is 17.1. The monoisotopic (exact) mass is 393 g/mol. The Morgan fingerprint density at radius 3 is 2.44 bits per heavy atom. The van der Waals surface area contributed by atoms with Crippen LogP contribution in [0.1, 0.15) is 46.1 Å². The van der Waals surface area contributed by atoms with Gasteiger partial charge in [-0.2, -0.15) is 0 Å². The van der Waals surface area contributed by atoms with Gasteiger partial charge < -0.3 is 16.0 Å². The molecule has 0 atom stereocenters. The van der Waals surface area contributed by atoms with Crippen LogP contribution in [-0.2, 0) is 6.54 Å². The summed E-state index contributed by atoms with van der Waals surface area (Å²) in [5, 5.41) is 11.3. The Balaban J connectivity index is 1.75. The van der Waals surface area contributed by atoms with Gasteiger partial charge in [0.15, 0.2) is 5.96 Å². The van der Waals surface area contributed by atoms with Gasteiger partial charge in [-0.25, -0.2) is 0 Å². The zero-order valence-corrected chi connectivity index (χ0v) is 18.1. The molecular weight excluding hydrogens is 358 g/mol. The minimum atomic E-state index is 0.137. The Morgan fingerprint density at radius 2 is 1.85 bits per heavy atom. The van der Waals surface area contributed by atoms with E-state index in [9.17, 15) is 0 Å². The fourth-order valence-corrected chi connectivity index (χ4v) is 3.32. The van der Waals surface area contributed by atoms with Crippen molar-refractivity contribution in [1.29, 1.82) is 0 Å². The Morgan fingerprint density at radius 1 is 1.19 bits per heavy atom. The zero-order valence-electron chi connectivity index (χ0n) is 17.3. The predicted molar refractivity (Wildman–Crippen MR) is 117 cm³/mol. The Hall–Kier alpha value is -1.30. The molecule has 0 amide bonds. The lowest BCUT2D eigenvalue weighted by Gasteiger charge is -2.33. The maximum Gasteiger partial charge on any atom is 0.191 e. The maximum atomic E-state index is 5.97. The highest BCUT2D eigenvalue weighted by Crippen LogP contribution is 2.16. The third-order valence-electron chi connectivity index (χ3n) is 4.63. The Bertz CT molecular complexity index is 571. The summed E-state index contributed by atoms with van der Waals surface area (Å²) in [6.07, 6.45) is 2.27. The van der Waals surface area contributed by atoms with Crippen LogP contribution in [-0.4, -0.2) is 55.2 Å². The van der Waals surface area contributed by atoms with E-state index in [4.69, 9.17) is 16.6 Å². The number of nitrogens with zero attached hydrogens (tertiary/aromatic N) is 2. The summed E-state index contributed by atoms with van der Waals surface area (Å²) >= 11 is 5.97. The molecule has 1 aromatic carbocycles. The summed E-state index contributed by atoms with van der Waals surface area (Å²) < 4.78 is 0. The number of benzene rings is 1. The number of halogens is 1. The SMILES string of the molecule is CCNC(=NCCNC(C)(C)C)NC1CCN(Cc2ccc(Cl)cc2)CC1. The second-order valence-corrected chi connectivity index (χ2v) is 8.70. The third-order valence-corrected chi connectivity index (χ3v) is 4.88. The first-order valence-electron chi connectivity index (χ1n) is 10.1. The van der Waals surface area contributed by atoms with Gasteiger partial charge in [-0.3, -0.25) is 9.89 Å². The van der Waals surface area contributed by atoms with Gasteiger partial charge in [0.05, 0.1) is 6.54 Å². The van der Waals surface area contributed by atoms with E-state index in [0.717, 1.165) is 63.1 Å². The van der Waals surface area contributed by atoms with Gasteiger partial charge in [-0.05, 0) is 58.2 Å². The first-order valence-corrected chi connectivity index (χ1v) is 10.5. The summed E-state index contributed by atoms with van der Waals surface area (Å²) in [7, 11) is 0. The highest BCUT2D eigenvalue weighted by atomic mass is 35.5. The van der Waals surface area contributed by atoms with E-state index in [0.29, 0.717) is 6.04 Å². The van der Waals surface area contributed by atoms with Crippen LogP contribution < -0.4 is 16.0 Å². The van der Waals surface area contributed by atoms with Gasteiger partial charge in [0.25, 0.3) is 0 Å². The summed E-state index contributed by atoms with van der Waals surface area (Å²) in [5.74, 6) is 0.935. The number of rotatable bonds is 7. The number of piperidine rings is 1. The molecular formula is C21H36ClN5.